The van der Waals surface area contributed by atoms with E-state index in [-0.39, 0.29) is 23.6 Å². The fourth-order valence-electron chi connectivity index (χ4n) is 4.04. The number of Topliss-reactive ketones (excluding diaryl/α,β-unsaturated/α-hetero) is 1. The van der Waals surface area contributed by atoms with Gasteiger partial charge >= 0.3 is 0 Å². The van der Waals surface area contributed by atoms with E-state index in [0.29, 0.717) is 5.56 Å². The first-order valence-electron chi connectivity index (χ1n) is 9.45. The minimum atomic E-state index is -0.332. The van der Waals surface area contributed by atoms with Gasteiger partial charge in [-0.15, -0.1) is 0 Å². The molecule has 2 aromatic rings. The molecule has 2 fully saturated rings. The molecule has 2 aliphatic rings. The van der Waals surface area contributed by atoms with Crippen LogP contribution in [0.15, 0.2) is 54.6 Å². The summed E-state index contributed by atoms with van der Waals surface area (Å²) in [5.41, 5.74) is 1.52. The maximum atomic E-state index is 13.9. The van der Waals surface area contributed by atoms with E-state index in [2.05, 4.69) is 34.1 Å². The van der Waals surface area contributed by atoms with Crippen molar-refractivity contribution >= 4 is 5.78 Å². The lowest BCUT2D eigenvalue weighted by Crippen LogP contribution is -2.54. The molecule has 0 amide bonds. The van der Waals surface area contributed by atoms with Crippen molar-refractivity contribution in [1.82, 2.24) is 9.80 Å². The van der Waals surface area contributed by atoms with Gasteiger partial charge in [-0.25, -0.2) is 4.39 Å². The van der Waals surface area contributed by atoms with Crippen LogP contribution in [0, 0.1) is 5.82 Å². The second kappa shape index (κ2) is 7.29. The van der Waals surface area contributed by atoms with Gasteiger partial charge in [0.1, 0.15) is 5.82 Å². The Labute approximate surface area is 154 Å². The van der Waals surface area contributed by atoms with E-state index in [1.807, 2.05) is 6.07 Å². The predicted molar refractivity (Wildman–Crippen MR) is 100 cm³/mol. The second-order valence-corrected chi connectivity index (χ2v) is 7.47. The number of carbonyl (C=O) groups excluding carboxylic acids is 1. The first-order chi connectivity index (χ1) is 12.7. The molecule has 4 rings (SSSR count). The van der Waals surface area contributed by atoms with Crippen LogP contribution in [0.4, 0.5) is 4.39 Å². The van der Waals surface area contributed by atoms with Crippen molar-refractivity contribution in [1.29, 1.82) is 0 Å². The average Bonchev–Trinajstić information content (AvgIpc) is 3.47. The quantitative estimate of drug-likeness (QED) is 0.797. The zero-order valence-corrected chi connectivity index (χ0v) is 15.0. The Bertz CT molecular complexity index is 765. The van der Waals surface area contributed by atoms with Crippen molar-refractivity contribution in [2.75, 3.05) is 26.2 Å². The molecule has 1 aliphatic heterocycles. The number of nitrogens with zero attached hydrogens (tertiary/aromatic N) is 2. The van der Waals surface area contributed by atoms with Crippen LogP contribution in [0.2, 0.25) is 0 Å². The fraction of sp³-hybridized carbons (Fsp3) is 0.409. The number of ketones is 1. The lowest BCUT2D eigenvalue weighted by Gasteiger charge is -2.39. The molecule has 0 aromatic heterocycles. The largest absolute Gasteiger partial charge is 0.297 e. The molecule has 1 saturated carbocycles. The first-order valence-corrected chi connectivity index (χ1v) is 9.45. The molecule has 2 aromatic carbocycles. The fourth-order valence-corrected chi connectivity index (χ4v) is 4.04. The highest BCUT2D eigenvalue weighted by molar-refractivity contribution is 5.93. The van der Waals surface area contributed by atoms with Gasteiger partial charge in [-0.1, -0.05) is 48.5 Å². The molecule has 3 nitrogen and oxygen atoms in total. The van der Waals surface area contributed by atoms with Crippen molar-refractivity contribution in [3.05, 3.63) is 71.5 Å². The highest BCUT2D eigenvalue weighted by Gasteiger charge is 2.54. The van der Waals surface area contributed by atoms with Crippen LogP contribution < -0.4 is 0 Å². The van der Waals surface area contributed by atoms with Crippen molar-refractivity contribution in [2.24, 2.45) is 0 Å². The lowest BCUT2D eigenvalue weighted by atomic mass is 9.99. The topological polar surface area (TPSA) is 23.6 Å². The standard InChI is InChI=1S/C22H25FN2O/c23-20-9-5-4-8-19(20)16-21(26)22(10-11-22)25-14-12-24(13-15-25)17-18-6-2-1-3-7-18/h1-9H,10-17H2. The summed E-state index contributed by atoms with van der Waals surface area (Å²) in [5.74, 6) is -0.0940. The summed E-state index contributed by atoms with van der Waals surface area (Å²) in [6, 6.07) is 17.1. The van der Waals surface area contributed by atoms with Gasteiger partial charge in [0.05, 0.1) is 5.54 Å². The van der Waals surface area contributed by atoms with Crippen LogP contribution in [0.5, 0.6) is 0 Å². The maximum Gasteiger partial charge on any atom is 0.157 e. The number of benzene rings is 2. The smallest absolute Gasteiger partial charge is 0.157 e. The van der Waals surface area contributed by atoms with Crippen molar-refractivity contribution in [3.8, 4) is 0 Å². The van der Waals surface area contributed by atoms with Crippen LogP contribution in [-0.2, 0) is 17.8 Å². The van der Waals surface area contributed by atoms with Crippen LogP contribution >= 0.6 is 0 Å². The number of carbonyl (C=O) groups is 1. The summed E-state index contributed by atoms with van der Waals surface area (Å²) in [7, 11) is 0. The summed E-state index contributed by atoms with van der Waals surface area (Å²) in [4.78, 5) is 17.7. The summed E-state index contributed by atoms with van der Waals surface area (Å²) >= 11 is 0. The normalized spacial score (nSPS) is 20.0. The molecule has 26 heavy (non-hydrogen) atoms. The Hall–Kier alpha value is -2.04. The first kappa shape index (κ1) is 17.4. The molecule has 0 unspecified atom stereocenters. The molecule has 0 bridgehead atoms. The molecular formula is C22H25FN2O. The number of rotatable bonds is 6. The van der Waals surface area contributed by atoms with Gasteiger partial charge in [0.25, 0.3) is 0 Å². The SMILES string of the molecule is O=C(Cc1ccccc1F)C1(N2CCN(Cc3ccccc3)CC2)CC1. The molecule has 4 heteroatoms. The maximum absolute atomic E-state index is 13.9. The highest BCUT2D eigenvalue weighted by Crippen LogP contribution is 2.44. The minimum absolute atomic E-state index is 0.180. The van der Waals surface area contributed by atoms with E-state index in [1.165, 1.54) is 11.6 Å². The Morgan fingerprint density at radius 1 is 0.923 bits per heavy atom. The molecule has 1 heterocycles. The van der Waals surface area contributed by atoms with Crippen LogP contribution in [0.3, 0.4) is 0 Å². The molecule has 1 aliphatic carbocycles. The zero-order chi connectivity index (χ0) is 18.0. The Kier molecular flexibility index (Phi) is 4.88. The van der Waals surface area contributed by atoms with Gasteiger partial charge in [0.15, 0.2) is 5.78 Å². The molecule has 1 saturated heterocycles. The zero-order valence-electron chi connectivity index (χ0n) is 15.0. The Morgan fingerprint density at radius 3 is 2.23 bits per heavy atom. The molecule has 136 valence electrons. The van der Waals surface area contributed by atoms with E-state index in [0.717, 1.165) is 45.6 Å². The van der Waals surface area contributed by atoms with Crippen LogP contribution in [0.1, 0.15) is 24.0 Å². The van der Waals surface area contributed by atoms with E-state index < -0.39 is 0 Å². The number of hydrogen-bond donors (Lipinski definition) is 0. The molecule has 0 radical (unpaired) electrons. The highest BCUT2D eigenvalue weighted by atomic mass is 19.1. The monoisotopic (exact) mass is 352 g/mol. The molecule has 0 N–H and O–H groups in total. The Morgan fingerprint density at radius 2 is 1.58 bits per heavy atom. The van der Waals surface area contributed by atoms with Crippen molar-refractivity contribution in [3.63, 3.8) is 0 Å². The number of halogens is 1. The van der Waals surface area contributed by atoms with Gasteiger partial charge in [0.2, 0.25) is 0 Å². The van der Waals surface area contributed by atoms with Gasteiger partial charge in [-0.05, 0) is 30.0 Å². The minimum Gasteiger partial charge on any atom is -0.297 e. The predicted octanol–water partition coefficient (Wildman–Crippen LogP) is 3.29. The summed E-state index contributed by atoms with van der Waals surface area (Å²) in [6.45, 7) is 4.74. The average molecular weight is 352 g/mol. The van der Waals surface area contributed by atoms with E-state index in [9.17, 15) is 9.18 Å². The van der Waals surface area contributed by atoms with Crippen LogP contribution in [0.25, 0.3) is 0 Å². The third-order valence-corrected chi connectivity index (χ3v) is 5.78. The van der Waals surface area contributed by atoms with Gasteiger partial charge < -0.3 is 0 Å². The lowest BCUT2D eigenvalue weighted by molar-refractivity contribution is -0.126. The number of piperazine rings is 1. The molecule has 0 spiro atoms. The second-order valence-electron chi connectivity index (χ2n) is 7.47. The molecule has 0 atom stereocenters. The van der Waals surface area contributed by atoms with E-state index in [4.69, 9.17) is 0 Å². The van der Waals surface area contributed by atoms with E-state index >= 15 is 0 Å². The summed E-state index contributed by atoms with van der Waals surface area (Å²) in [5, 5.41) is 0. The van der Waals surface area contributed by atoms with Crippen molar-refractivity contribution < 1.29 is 9.18 Å². The summed E-state index contributed by atoms with van der Waals surface area (Å²) in [6.07, 6.45) is 2.04. The van der Waals surface area contributed by atoms with E-state index in [1.54, 1.807) is 18.2 Å². The third-order valence-electron chi connectivity index (χ3n) is 5.78. The number of hydrogen-bond acceptors (Lipinski definition) is 3. The van der Waals surface area contributed by atoms with Crippen LogP contribution in [-0.4, -0.2) is 47.3 Å². The van der Waals surface area contributed by atoms with Gasteiger partial charge in [0, 0.05) is 39.1 Å². The van der Waals surface area contributed by atoms with Gasteiger partial charge in [-0.3, -0.25) is 14.6 Å². The molecular weight excluding hydrogens is 327 g/mol. The van der Waals surface area contributed by atoms with Crippen molar-refractivity contribution in [2.45, 2.75) is 31.3 Å². The summed E-state index contributed by atoms with van der Waals surface area (Å²) < 4.78 is 13.9. The van der Waals surface area contributed by atoms with Gasteiger partial charge in [-0.2, -0.15) is 0 Å². The Balaban J connectivity index is 1.35. The third kappa shape index (κ3) is 3.57.